The third-order valence-electron chi connectivity index (χ3n) is 4.19. The van der Waals surface area contributed by atoms with E-state index in [0.717, 1.165) is 23.8 Å². The Labute approximate surface area is 123 Å². The van der Waals surface area contributed by atoms with Crippen LogP contribution in [0.4, 0.5) is 8.78 Å². The van der Waals surface area contributed by atoms with Crippen molar-refractivity contribution in [2.75, 3.05) is 19.3 Å². The minimum absolute atomic E-state index is 0.265. The fraction of sp³-hybridized carbons (Fsp3) is 0.400. The predicted molar refractivity (Wildman–Crippen MR) is 83.0 cm³/mol. The lowest BCUT2D eigenvalue weighted by molar-refractivity contribution is 0.335. The summed E-state index contributed by atoms with van der Waals surface area (Å²) >= 11 is 0. The van der Waals surface area contributed by atoms with Gasteiger partial charge in [-0.2, -0.15) is 0 Å². The van der Waals surface area contributed by atoms with Crippen LogP contribution in [0.15, 0.2) is 18.3 Å². The van der Waals surface area contributed by atoms with E-state index in [0.29, 0.717) is 18.6 Å². The number of H-pyrrole nitrogens is 1. The normalized spacial score (nSPS) is 20.7. The lowest BCUT2D eigenvalue weighted by Crippen LogP contribution is -2.36. The number of hydrogen-bond donors (Lipinski definition) is 1. The van der Waals surface area contributed by atoms with Crippen LogP contribution in [0, 0.1) is 11.6 Å². The highest BCUT2D eigenvalue weighted by atomic mass is 32.2. The van der Waals surface area contributed by atoms with Gasteiger partial charge in [-0.05, 0) is 36.3 Å². The van der Waals surface area contributed by atoms with Crippen LogP contribution in [0.2, 0.25) is 0 Å². The van der Waals surface area contributed by atoms with E-state index in [2.05, 4.69) is 10.9 Å². The van der Waals surface area contributed by atoms with Crippen LogP contribution in [-0.2, 0) is 9.71 Å². The maximum atomic E-state index is 13.4. The van der Waals surface area contributed by atoms with Gasteiger partial charge in [-0.1, -0.05) is 0 Å². The molecule has 0 radical (unpaired) electrons. The molecule has 0 aliphatic carbocycles. The second-order valence-electron chi connectivity index (χ2n) is 5.72. The van der Waals surface area contributed by atoms with Crippen molar-refractivity contribution in [3.8, 4) is 0 Å². The maximum Gasteiger partial charge on any atom is 0.160 e. The fourth-order valence-electron chi connectivity index (χ4n) is 3.03. The molecule has 0 spiro atoms. The van der Waals surface area contributed by atoms with Gasteiger partial charge in [-0.3, -0.25) is 4.21 Å². The minimum atomic E-state index is -2.16. The van der Waals surface area contributed by atoms with E-state index in [1.807, 2.05) is 10.5 Å². The van der Waals surface area contributed by atoms with Gasteiger partial charge in [0.1, 0.15) is 0 Å². The molecule has 114 valence electrons. The van der Waals surface area contributed by atoms with Gasteiger partial charge in [0.2, 0.25) is 0 Å². The summed E-state index contributed by atoms with van der Waals surface area (Å²) in [7, 11) is -2.16. The molecular weight excluding hydrogens is 294 g/mol. The second-order valence-corrected chi connectivity index (χ2v) is 8.15. The summed E-state index contributed by atoms with van der Waals surface area (Å²) in [6.07, 6.45) is 5.16. The maximum absolute atomic E-state index is 13.4. The quantitative estimate of drug-likeness (QED) is 0.851. The SMILES string of the molecule is C=S(C)(=O)N1CCC(c2c[nH]c3cc(F)c(F)cc23)CC1. The molecule has 1 atom stereocenters. The van der Waals surface area contributed by atoms with Crippen LogP contribution in [0.3, 0.4) is 0 Å². The molecule has 0 bridgehead atoms. The first-order chi connectivity index (χ1) is 9.86. The van der Waals surface area contributed by atoms with E-state index < -0.39 is 21.3 Å². The van der Waals surface area contributed by atoms with Crippen LogP contribution in [0.5, 0.6) is 0 Å². The van der Waals surface area contributed by atoms with E-state index in [4.69, 9.17) is 0 Å². The van der Waals surface area contributed by atoms with Crippen molar-refractivity contribution in [2.45, 2.75) is 18.8 Å². The van der Waals surface area contributed by atoms with Gasteiger partial charge in [-0.25, -0.2) is 13.1 Å². The molecule has 1 aliphatic heterocycles. The van der Waals surface area contributed by atoms with E-state index in [9.17, 15) is 13.0 Å². The Morgan fingerprint density at radius 1 is 1.29 bits per heavy atom. The zero-order chi connectivity index (χ0) is 15.2. The molecule has 2 aromatic rings. The molecule has 1 aromatic heterocycles. The molecule has 1 unspecified atom stereocenters. The Kier molecular flexibility index (Phi) is 3.53. The first kappa shape index (κ1) is 14.5. The molecule has 6 heteroatoms. The molecule has 1 fully saturated rings. The van der Waals surface area contributed by atoms with Crippen molar-refractivity contribution >= 4 is 26.5 Å². The number of benzene rings is 1. The molecule has 1 aliphatic rings. The van der Waals surface area contributed by atoms with Gasteiger partial charge in [-0.15, -0.1) is 0 Å². The average molecular weight is 312 g/mol. The van der Waals surface area contributed by atoms with Gasteiger partial charge >= 0.3 is 0 Å². The number of aromatic nitrogens is 1. The fourth-order valence-corrected chi connectivity index (χ4v) is 4.01. The first-order valence-electron chi connectivity index (χ1n) is 6.89. The smallest absolute Gasteiger partial charge is 0.160 e. The Bertz CT molecular complexity index is 774. The molecule has 0 amide bonds. The standard InChI is InChI=1S/C15H18F2N2OS/c1-21(2,20)19-5-3-10(4-6-19)12-9-18-15-8-14(17)13(16)7-11(12)15/h7-10,18H,1,3-6H2,2H3. The Hall–Kier alpha value is -1.40. The van der Waals surface area contributed by atoms with Crippen molar-refractivity contribution < 1.29 is 13.0 Å². The van der Waals surface area contributed by atoms with Crippen molar-refractivity contribution in [1.82, 2.24) is 9.29 Å². The number of halogens is 2. The molecule has 3 nitrogen and oxygen atoms in total. The number of nitrogens with one attached hydrogen (secondary N) is 1. The number of fused-ring (bicyclic) bond motifs is 1. The summed E-state index contributed by atoms with van der Waals surface area (Å²) in [5.74, 6) is 2.31. The number of rotatable bonds is 2. The van der Waals surface area contributed by atoms with Gasteiger partial charge in [0.25, 0.3) is 0 Å². The number of nitrogens with zero attached hydrogens (tertiary/aromatic N) is 1. The monoisotopic (exact) mass is 312 g/mol. The highest BCUT2D eigenvalue weighted by Crippen LogP contribution is 2.34. The summed E-state index contributed by atoms with van der Waals surface area (Å²) in [6, 6.07) is 2.45. The third-order valence-corrected chi connectivity index (χ3v) is 5.65. The van der Waals surface area contributed by atoms with Crippen molar-refractivity contribution in [1.29, 1.82) is 0 Å². The van der Waals surface area contributed by atoms with Crippen LogP contribution >= 0.6 is 0 Å². The van der Waals surface area contributed by atoms with E-state index in [1.54, 1.807) is 6.26 Å². The van der Waals surface area contributed by atoms with Crippen LogP contribution in [0.25, 0.3) is 10.9 Å². The highest BCUT2D eigenvalue weighted by molar-refractivity contribution is 7.97. The molecule has 2 heterocycles. The van der Waals surface area contributed by atoms with Gasteiger partial charge in [0.15, 0.2) is 11.6 Å². The molecule has 21 heavy (non-hydrogen) atoms. The summed E-state index contributed by atoms with van der Waals surface area (Å²) in [6.45, 7) is 1.42. The number of aromatic amines is 1. The van der Waals surface area contributed by atoms with Gasteiger partial charge < -0.3 is 4.98 Å². The third kappa shape index (κ3) is 2.70. The summed E-state index contributed by atoms with van der Waals surface area (Å²) in [5, 5.41) is 0.735. The van der Waals surface area contributed by atoms with Gasteiger partial charge in [0, 0.05) is 52.2 Å². The van der Waals surface area contributed by atoms with Crippen molar-refractivity contribution in [3.63, 3.8) is 0 Å². The van der Waals surface area contributed by atoms with E-state index in [1.165, 1.54) is 12.1 Å². The Morgan fingerprint density at radius 3 is 2.52 bits per heavy atom. The van der Waals surface area contributed by atoms with Crippen molar-refractivity contribution in [2.24, 2.45) is 0 Å². The molecule has 1 saturated heterocycles. The molecule has 3 rings (SSSR count). The first-order valence-corrected chi connectivity index (χ1v) is 8.99. The zero-order valence-electron chi connectivity index (χ0n) is 11.9. The topological polar surface area (TPSA) is 36.1 Å². The molecule has 1 N–H and O–H groups in total. The molecular formula is C15H18F2N2OS. The Balaban J connectivity index is 1.88. The average Bonchev–Trinajstić information content (AvgIpc) is 2.81. The highest BCUT2D eigenvalue weighted by Gasteiger charge is 2.25. The lowest BCUT2D eigenvalue weighted by atomic mass is 9.90. The zero-order valence-corrected chi connectivity index (χ0v) is 12.7. The van der Waals surface area contributed by atoms with E-state index in [-0.39, 0.29) is 5.92 Å². The predicted octanol–water partition coefficient (Wildman–Crippen LogP) is 2.89. The van der Waals surface area contributed by atoms with Crippen LogP contribution in [0.1, 0.15) is 24.3 Å². The summed E-state index contributed by atoms with van der Waals surface area (Å²) in [5.41, 5.74) is 1.62. The Morgan fingerprint density at radius 2 is 1.90 bits per heavy atom. The number of hydrogen-bond acceptors (Lipinski definition) is 1. The minimum Gasteiger partial charge on any atom is -0.361 e. The van der Waals surface area contributed by atoms with Crippen molar-refractivity contribution in [3.05, 3.63) is 35.5 Å². The summed E-state index contributed by atoms with van der Waals surface area (Å²) in [4.78, 5) is 3.01. The molecule has 0 saturated carbocycles. The van der Waals surface area contributed by atoms with Crippen LogP contribution < -0.4 is 0 Å². The largest absolute Gasteiger partial charge is 0.361 e. The van der Waals surface area contributed by atoms with Crippen LogP contribution in [-0.4, -0.2) is 38.7 Å². The van der Waals surface area contributed by atoms with E-state index >= 15 is 0 Å². The lowest BCUT2D eigenvalue weighted by Gasteiger charge is -2.32. The molecule has 1 aromatic carbocycles. The second kappa shape index (κ2) is 5.10. The number of piperidine rings is 1. The summed E-state index contributed by atoms with van der Waals surface area (Å²) < 4.78 is 40.5. The van der Waals surface area contributed by atoms with Gasteiger partial charge in [0.05, 0.1) is 0 Å².